The Morgan fingerprint density at radius 2 is 1.93 bits per heavy atom. The summed E-state index contributed by atoms with van der Waals surface area (Å²) in [5, 5.41) is 3.17. The predicted octanol–water partition coefficient (Wildman–Crippen LogP) is 2.40. The maximum absolute atomic E-state index is 11.8. The van der Waals surface area contributed by atoms with E-state index < -0.39 is 0 Å². The van der Waals surface area contributed by atoms with E-state index in [4.69, 9.17) is 0 Å². The van der Waals surface area contributed by atoms with Crippen LogP contribution in [0.25, 0.3) is 0 Å². The molecule has 0 aliphatic heterocycles. The lowest BCUT2D eigenvalue weighted by molar-refractivity contribution is -0.125. The molecule has 0 heterocycles. The highest BCUT2D eigenvalue weighted by Crippen LogP contribution is 2.25. The third-order valence-corrected chi connectivity index (χ3v) is 3.34. The van der Waals surface area contributed by atoms with Crippen molar-refractivity contribution >= 4 is 5.91 Å². The fourth-order valence-electron chi connectivity index (χ4n) is 2.43. The van der Waals surface area contributed by atoms with Gasteiger partial charge in [-0.15, -0.1) is 0 Å². The molecule has 0 radical (unpaired) electrons. The van der Waals surface area contributed by atoms with Gasteiger partial charge in [-0.3, -0.25) is 4.79 Å². The summed E-state index contributed by atoms with van der Waals surface area (Å²) in [6.45, 7) is 0. The van der Waals surface area contributed by atoms with Gasteiger partial charge in [-0.25, -0.2) is 0 Å². The largest absolute Gasteiger partial charge is 0.353 e. The van der Waals surface area contributed by atoms with Crippen LogP contribution in [-0.4, -0.2) is 11.9 Å². The van der Waals surface area contributed by atoms with Crippen molar-refractivity contribution in [3.8, 4) is 0 Å². The van der Waals surface area contributed by atoms with Crippen molar-refractivity contribution in [1.82, 2.24) is 5.32 Å². The summed E-state index contributed by atoms with van der Waals surface area (Å²) in [5.41, 5.74) is 0. The molecule has 0 spiro atoms. The highest BCUT2D eigenvalue weighted by molar-refractivity contribution is 5.79. The minimum absolute atomic E-state index is 0.308. The van der Waals surface area contributed by atoms with Gasteiger partial charge in [0.1, 0.15) is 0 Å². The number of hydrogen-bond acceptors (Lipinski definition) is 1. The number of nitrogens with one attached hydrogen (secondary N) is 1. The molecule has 0 aromatic heterocycles. The Bertz CT molecular complexity index is 228. The van der Waals surface area contributed by atoms with Gasteiger partial charge in [0, 0.05) is 12.0 Å². The molecule has 0 aromatic rings. The zero-order valence-electron chi connectivity index (χ0n) is 8.67. The molecule has 1 saturated carbocycles. The molecule has 0 aromatic carbocycles. The lowest BCUT2D eigenvalue weighted by atomic mass is 10.0. The monoisotopic (exact) mass is 193 g/mol. The molecule has 1 amide bonds. The van der Waals surface area contributed by atoms with Crippen molar-refractivity contribution in [2.24, 2.45) is 5.92 Å². The molecule has 0 bridgehead atoms. The van der Waals surface area contributed by atoms with Crippen LogP contribution in [0.5, 0.6) is 0 Å². The van der Waals surface area contributed by atoms with Crippen molar-refractivity contribution in [1.29, 1.82) is 0 Å². The number of hydrogen-bond donors (Lipinski definition) is 1. The summed E-state index contributed by atoms with van der Waals surface area (Å²) < 4.78 is 0. The van der Waals surface area contributed by atoms with Crippen LogP contribution in [0.2, 0.25) is 0 Å². The second kappa shape index (κ2) is 4.63. The Balaban J connectivity index is 1.78. The van der Waals surface area contributed by atoms with Gasteiger partial charge in [-0.05, 0) is 32.1 Å². The number of allylic oxidation sites excluding steroid dienone is 1. The van der Waals surface area contributed by atoms with Crippen LogP contribution >= 0.6 is 0 Å². The highest BCUT2D eigenvalue weighted by Gasteiger charge is 2.24. The Morgan fingerprint density at radius 3 is 2.57 bits per heavy atom. The third kappa shape index (κ3) is 2.37. The van der Waals surface area contributed by atoms with Crippen molar-refractivity contribution in [3.63, 3.8) is 0 Å². The van der Waals surface area contributed by atoms with Crippen molar-refractivity contribution in [2.45, 2.75) is 51.0 Å². The molecule has 1 atom stereocenters. The van der Waals surface area contributed by atoms with E-state index in [0.717, 1.165) is 32.1 Å². The topological polar surface area (TPSA) is 29.1 Å². The summed E-state index contributed by atoms with van der Waals surface area (Å²) in [4.78, 5) is 11.8. The van der Waals surface area contributed by atoms with Crippen LogP contribution in [0, 0.1) is 5.92 Å². The molecule has 1 fully saturated rings. The highest BCUT2D eigenvalue weighted by atomic mass is 16.1. The Labute approximate surface area is 85.8 Å². The Morgan fingerprint density at radius 1 is 1.14 bits per heavy atom. The zero-order chi connectivity index (χ0) is 9.80. The fourth-order valence-corrected chi connectivity index (χ4v) is 2.43. The lowest BCUT2D eigenvalue weighted by Crippen LogP contribution is -2.38. The van der Waals surface area contributed by atoms with Gasteiger partial charge in [0.05, 0.1) is 0 Å². The first-order chi connectivity index (χ1) is 6.86. The van der Waals surface area contributed by atoms with Gasteiger partial charge < -0.3 is 5.32 Å². The van der Waals surface area contributed by atoms with Gasteiger partial charge in [0.15, 0.2) is 0 Å². The molecule has 1 unspecified atom stereocenters. The van der Waals surface area contributed by atoms with Gasteiger partial charge >= 0.3 is 0 Å². The van der Waals surface area contributed by atoms with Crippen LogP contribution in [0.4, 0.5) is 0 Å². The molecule has 2 heteroatoms. The van der Waals surface area contributed by atoms with Crippen LogP contribution in [0.1, 0.15) is 44.9 Å². The van der Waals surface area contributed by atoms with E-state index in [1.807, 2.05) is 0 Å². The van der Waals surface area contributed by atoms with E-state index >= 15 is 0 Å². The van der Waals surface area contributed by atoms with Crippen molar-refractivity contribution in [3.05, 3.63) is 12.2 Å². The van der Waals surface area contributed by atoms with E-state index in [0.29, 0.717) is 17.9 Å². The molecule has 2 nitrogen and oxygen atoms in total. The molecular formula is C12H19NO. The molecular weight excluding hydrogens is 174 g/mol. The van der Waals surface area contributed by atoms with Crippen LogP contribution in [0.15, 0.2) is 12.2 Å². The third-order valence-electron chi connectivity index (χ3n) is 3.34. The van der Waals surface area contributed by atoms with Crippen molar-refractivity contribution < 1.29 is 4.79 Å². The van der Waals surface area contributed by atoms with Crippen LogP contribution < -0.4 is 5.32 Å². The summed E-state index contributed by atoms with van der Waals surface area (Å²) >= 11 is 0. The summed E-state index contributed by atoms with van der Waals surface area (Å²) in [6.07, 6.45) is 12.3. The number of amides is 1. The molecule has 1 N–H and O–H groups in total. The molecule has 78 valence electrons. The maximum atomic E-state index is 11.8. The zero-order valence-corrected chi connectivity index (χ0v) is 8.67. The molecule has 2 rings (SSSR count). The fraction of sp³-hybridized carbons (Fsp3) is 0.750. The normalized spacial score (nSPS) is 27.9. The first-order valence-corrected chi connectivity index (χ1v) is 5.81. The first-order valence-electron chi connectivity index (χ1n) is 5.81. The summed E-state index contributed by atoms with van der Waals surface area (Å²) in [6, 6.07) is 0.410. The summed E-state index contributed by atoms with van der Waals surface area (Å²) in [7, 11) is 0. The minimum Gasteiger partial charge on any atom is -0.353 e. The number of rotatable bonds is 2. The lowest BCUT2D eigenvalue weighted by Gasteiger charge is -2.21. The number of carbonyl (C=O) groups is 1. The summed E-state index contributed by atoms with van der Waals surface area (Å²) in [5.74, 6) is 0.628. The van der Waals surface area contributed by atoms with Crippen molar-refractivity contribution in [2.75, 3.05) is 0 Å². The second-order valence-electron chi connectivity index (χ2n) is 4.47. The number of carbonyl (C=O) groups excluding carboxylic acids is 1. The predicted molar refractivity (Wildman–Crippen MR) is 56.9 cm³/mol. The van der Waals surface area contributed by atoms with E-state index in [-0.39, 0.29) is 0 Å². The van der Waals surface area contributed by atoms with Gasteiger partial charge in [-0.1, -0.05) is 25.0 Å². The molecule has 2 aliphatic rings. The Hall–Kier alpha value is -0.790. The first kappa shape index (κ1) is 9.75. The van der Waals surface area contributed by atoms with Gasteiger partial charge in [-0.2, -0.15) is 0 Å². The molecule has 2 aliphatic carbocycles. The average molecular weight is 193 g/mol. The van der Waals surface area contributed by atoms with Gasteiger partial charge in [0.2, 0.25) is 5.91 Å². The SMILES string of the molecule is O=C(NC1CC=CCC1)C1CCCC1. The second-order valence-corrected chi connectivity index (χ2v) is 4.47. The van der Waals surface area contributed by atoms with E-state index in [1.165, 1.54) is 12.8 Å². The van der Waals surface area contributed by atoms with Crippen LogP contribution in [0.3, 0.4) is 0 Å². The maximum Gasteiger partial charge on any atom is 0.223 e. The van der Waals surface area contributed by atoms with Gasteiger partial charge in [0.25, 0.3) is 0 Å². The van der Waals surface area contributed by atoms with E-state index in [1.54, 1.807) is 0 Å². The Kier molecular flexibility index (Phi) is 3.22. The molecule has 0 saturated heterocycles. The quantitative estimate of drug-likeness (QED) is 0.670. The van der Waals surface area contributed by atoms with E-state index in [9.17, 15) is 4.79 Å². The standard InChI is InChI=1S/C12H19NO/c14-12(10-6-4-5-7-10)13-11-8-2-1-3-9-11/h1-2,10-11H,3-9H2,(H,13,14). The van der Waals surface area contributed by atoms with Crippen LogP contribution in [-0.2, 0) is 4.79 Å². The molecule has 14 heavy (non-hydrogen) atoms. The smallest absolute Gasteiger partial charge is 0.223 e. The minimum atomic E-state index is 0.308. The average Bonchev–Trinajstić information content (AvgIpc) is 2.72. The van der Waals surface area contributed by atoms with E-state index in [2.05, 4.69) is 17.5 Å².